The Hall–Kier alpha value is -0.410. The van der Waals surface area contributed by atoms with Crippen molar-refractivity contribution in [1.29, 1.82) is 0 Å². The number of piperidine rings is 1. The monoisotopic (exact) mass is 366 g/mol. The highest BCUT2D eigenvalue weighted by Gasteiger charge is 2.36. The Morgan fingerprint density at radius 1 is 1.60 bits per heavy atom. The predicted octanol–water partition coefficient (Wildman–Crippen LogP) is 1.55. The Bertz CT molecular complexity index is 572. The average molecular weight is 367 g/mol. The molecular weight excluding hydrogens is 348 g/mol. The average Bonchev–Trinajstić information content (AvgIpc) is 2.81. The Kier molecular flexibility index (Phi) is 4.91. The van der Waals surface area contributed by atoms with Gasteiger partial charge in [0.1, 0.15) is 10.7 Å². The van der Waals surface area contributed by atoms with E-state index in [0.717, 1.165) is 6.42 Å². The van der Waals surface area contributed by atoms with E-state index in [4.69, 9.17) is 14.9 Å². The highest BCUT2D eigenvalue weighted by molar-refractivity contribution is 9.10. The fourth-order valence-corrected chi connectivity index (χ4v) is 4.77. The zero-order chi connectivity index (χ0) is 14.9. The van der Waals surface area contributed by atoms with Crippen molar-refractivity contribution >= 4 is 26.0 Å². The van der Waals surface area contributed by atoms with Crippen LogP contribution in [0, 0.1) is 5.92 Å². The predicted molar refractivity (Wildman–Crippen MR) is 77.6 cm³/mol. The lowest BCUT2D eigenvalue weighted by Gasteiger charge is -2.35. The summed E-state index contributed by atoms with van der Waals surface area (Å²) in [6.07, 6.45) is 0.690. The molecule has 1 aromatic rings. The molecule has 1 fully saturated rings. The summed E-state index contributed by atoms with van der Waals surface area (Å²) in [5.41, 5.74) is 5.47. The number of hydrogen-bond acceptors (Lipinski definition) is 5. The second-order valence-corrected chi connectivity index (χ2v) is 7.58. The third-order valence-corrected chi connectivity index (χ3v) is 6.40. The first-order valence-corrected chi connectivity index (χ1v) is 8.64. The summed E-state index contributed by atoms with van der Waals surface area (Å²) in [5.74, 6) is 0.781. The van der Waals surface area contributed by atoms with Crippen molar-refractivity contribution in [3.05, 3.63) is 16.5 Å². The van der Waals surface area contributed by atoms with E-state index in [1.54, 1.807) is 7.11 Å². The molecule has 0 spiro atoms. The van der Waals surface area contributed by atoms with Crippen LogP contribution in [0.15, 0.2) is 20.0 Å². The van der Waals surface area contributed by atoms with E-state index in [1.807, 2.05) is 0 Å². The van der Waals surface area contributed by atoms with Gasteiger partial charge in [-0.15, -0.1) is 0 Å². The normalized spacial score (nSPS) is 25.0. The minimum atomic E-state index is -3.59. The molecule has 114 valence electrons. The van der Waals surface area contributed by atoms with E-state index < -0.39 is 10.0 Å². The van der Waals surface area contributed by atoms with E-state index in [1.165, 1.54) is 10.4 Å². The third-order valence-electron chi connectivity index (χ3n) is 3.68. The molecule has 2 heterocycles. The molecule has 1 aliphatic rings. The van der Waals surface area contributed by atoms with Crippen LogP contribution in [-0.2, 0) is 21.3 Å². The Morgan fingerprint density at radius 2 is 2.30 bits per heavy atom. The molecule has 2 rings (SSSR count). The lowest BCUT2D eigenvalue weighted by Crippen LogP contribution is -2.46. The van der Waals surface area contributed by atoms with Gasteiger partial charge in [0.2, 0.25) is 10.0 Å². The Balaban J connectivity index is 2.28. The van der Waals surface area contributed by atoms with Crippen LogP contribution in [0.25, 0.3) is 0 Å². The standard InChI is InChI=1S/C12H19BrN2O4S/c1-8-3-4-15(7-10(8)18-2)20(16,17)11-5-9(6-14)19-12(11)13/h5,8,10H,3-4,6-7,14H2,1-2H3. The largest absolute Gasteiger partial charge is 0.452 e. The number of hydrogen-bond donors (Lipinski definition) is 1. The van der Waals surface area contributed by atoms with Crippen molar-refractivity contribution in [2.45, 2.75) is 30.9 Å². The molecule has 0 aromatic carbocycles. The van der Waals surface area contributed by atoms with Gasteiger partial charge in [-0.1, -0.05) is 6.92 Å². The van der Waals surface area contributed by atoms with Crippen LogP contribution in [0.1, 0.15) is 19.1 Å². The maximum Gasteiger partial charge on any atom is 0.247 e. The van der Waals surface area contributed by atoms with Gasteiger partial charge in [-0.3, -0.25) is 0 Å². The molecule has 0 radical (unpaired) electrons. The molecule has 8 heteroatoms. The van der Waals surface area contributed by atoms with Gasteiger partial charge in [-0.05, 0) is 28.3 Å². The minimum Gasteiger partial charge on any atom is -0.452 e. The van der Waals surface area contributed by atoms with Crippen molar-refractivity contribution in [2.24, 2.45) is 11.7 Å². The maximum absolute atomic E-state index is 12.6. The fourth-order valence-electron chi connectivity index (χ4n) is 2.34. The van der Waals surface area contributed by atoms with Gasteiger partial charge in [-0.25, -0.2) is 8.42 Å². The maximum atomic E-state index is 12.6. The number of rotatable bonds is 4. The summed E-state index contributed by atoms with van der Waals surface area (Å²) in [6, 6.07) is 1.47. The van der Waals surface area contributed by atoms with Crippen molar-refractivity contribution in [3.63, 3.8) is 0 Å². The van der Waals surface area contributed by atoms with Crippen LogP contribution in [0.5, 0.6) is 0 Å². The number of ether oxygens (including phenoxy) is 1. The summed E-state index contributed by atoms with van der Waals surface area (Å²) < 4.78 is 37.6. The van der Waals surface area contributed by atoms with Gasteiger partial charge in [0, 0.05) is 26.3 Å². The zero-order valence-electron chi connectivity index (χ0n) is 11.5. The number of sulfonamides is 1. The van der Waals surface area contributed by atoms with Crippen LogP contribution in [0.3, 0.4) is 0 Å². The molecular formula is C12H19BrN2O4S. The number of halogens is 1. The summed E-state index contributed by atoms with van der Waals surface area (Å²) in [7, 11) is -1.98. The molecule has 1 saturated heterocycles. The molecule has 1 aromatic heterocycles. The Morgan fingerprint density at radius 3 is 2.85 bits per heavy atom. The van der Waals surface area contributed by atoms with Gasteiger partial charge in [0.25, 0.3) is 0 Å². The van der Waals surface area contributed by atoms with Gasteiger partial charge in [0.05, 0.1) is 12.6 Å². The molecule has 20 heavy (non-hydrogen) atoms. The first kappa shape index (κ1) is 16.0. The number of methoxy groups -OCH3 is 1. The third kappa shape index (κ3) is 2.94. The van der Waals surface area contributed by atoms with Crippen LogP contribution in [0.2, 0.25) is 0 Å². The first-order chi connectivity index (χ1) is 9.40. The molecule has 2 unspecified atom stereocenters. The van der Waals surface area contributed by atoms with Crippen LogP contribution >= 0.6 is 15.9 Å². The summed E-state index contributed by atoms with van der Waals surface area (Å²) >= 11 is 3.15. The number of nitrogens with two attached hydrogens (primary N) is 1. The molecule has 6 nitrogen and oxygen atoms in total. The smallest absolute Gasteiger partial charge is 0.247 e. The molecule has 0 bridgehead atoms. The molecule has 1 aliphatic heterocycles. The highest BCUT2D eigenvalue weighted by atomic mass is 79.9. The molecule has 0 saturated carbocycles. The Labute approximate surface area is 127 Å². The molecule has 2 atom stereocenters. The van der Waals surface area contributed by atoms with Crippen LogP contribution in [-0.4, -0.2) is 39.0 Å². The lowest BCUT2D eigenvalue weighted by atomic mass is 9.97. The van der Waals surface area contributed by atoms with Gasteiger partial charge in [-0.2, -0.15) is 4.31 Å². The molecule has 0 amide bonds. The van der Waals surface area contributed by atoms with E-state index in [2.05, 4.69) is 22.9 Å². The van der Waals surface area contributed by atoms with Gasteiger partial charge >= 0.3 is 0 Å². The zero-order valence-corrected chi connectivity index (χ0v) is 13.9. The van der Waals surface area contributed by atoms with E-state index in [9.17, 15) is 8.42 Å². The number of furan rings is 1. The van der Waals surface area contributed by atoms with Gasteiger partial charge in [0.15, 0.2) is 4.67 Å². The summed E-state index contributed by atoms with van der Waals surface area (Å²) in [5, 5.41) is 0. The molecule has 0 aliphatic carbocycles. The van der Waals surface area contributed by atoms with Crippen molar-refractivity contribution in [2.75, 3.05) is 20.2 Å². The minimum absolute atomic E-state index is 0.0850. The van der Waals surface area contributed by atoms with E-state index >= 15 is 0 Å². The lowest BCUT2D eigenvalue weighted by molar-refractivity contribution is 0.0183. The summed E-state index contributed by atoms with van der Waals surface area (Å²) in [4.78, 5) is 0.127. The topological polar surface area (TPSA) is 85.8 Å². The fraction of sp³-hybridized carbons (Fsp3) is 0.667. The van der Waals surface area contributed by atoms with Crippen LogP contribution < -0.4 is 5.73 Å². The van der Waals surface area contributed by atoms with Gasteiger partial charge < -0.3 is 14.9 Å². The molecule has 2 N–H and O–H groups in total. The SMILES string of the molecule is COC1CN(S(=O)(=O)c2cc(CN)oc2Br)CCC1C. The second kappa shape index (κ2) is 6.15. The van der Waals surface area contributed by atoms with E-state index in [-0.39, 0.29) is 22.2 Å². The first-order valence-electron chi connectivity index (χ1n) is 6.41. The van der Waals surface area contributed by atoms with Crippen molar-refractivity contribution < 1.29 is 17.6 Å². The highest BCUT2D eigenvalue weighted by Crippen LogP contribution is 2.31. The van der Waals surface area contributed by atoms with Crippen molar-refractivity contribution in [1.82, 2.24) is 4.31 Å². The van der Waals surface area contributed by atoms with E-state index in [0.29, 0.717) is 24.8 Å². The van der Waals surface area contributed by atoms with Crippen LogP contribution in [0.4, 0.5) is 0 Å². The second-order valence-electron chi connectivity index (χ2n) is 4.96. The van der Waals surface area contributed by atoms with Crippen molar-refractivity contribution in [3.8, 4) is 0 Å². The number of nitrogens with zero attached hydrogens (tertiary/aromatic N) is 1. The quantitative estimate of drug-likeness (QED) is 0.873. The summed E-state index contributed by atoms with van der Waals surface area (Å²) in [6.45, 7) is 3.07.